The first-order valence-corrected chi connectivity index (χ1v) is 9.45. The van der Waals surface area contributed by atoms with Crippen LogP contribution < -0.4 is 10.1 Å². The zero-order valence-corrected chi connectivity index (χ0v) is 18.3. The number of hydrogen-bond donors (Lipinski definition) is 1. The molecule has 2 aromatic rings. The van der Waals surface area contributed by atoms with Crippen molar-refractivity contribution in [2.75, 3.05) is 33.1 Å². The molecule has 0 aromatic heterocycles. The average Bonchev–Trinajstić information content (AvgIpc) is 2.61. The molecule has 28 heavy (non-hydrogen) atoms. The van der Waals surface area contributed by atoms with Crippen molar-refractivity contribution in [3.63, 3.8) is 0 Å². The maximum absolute atomic E-state index is 12.3. The van der Waals surface area contributed by atoms with Crippen LogP contribution in [0.2, 0.25) is 20.1 Å². The van der Waals surface area contributed by atoms with Gasteiger partial charge in [0.1, 0.15) is 5.75 Å². The Labute approximate surface area is 183 Å². The Morgan fingerprint density at radius 3 is 2.04 bits per heavy atom. The zero-order valence-electron chi connectivity index (χ0n) is 15.3. The van der Waals surface area contributed by atoms with Crippen molar-refractivity contribution >= 4 is 58.1 Å². The molecule has 0 unspecified atom stereocenters. The SMILES string of the molecule is COC(CN(C)C(=O)Nc1cc(Cl)c(Oc2cc(Cl)cc(Cl)c2)c(Cl)c1)OC. The maximum Gasteiger partial charge on any atom is 0.321 e. The number of methoxy groups -OCH3 is 2. The van der Waals surface area contributed by atoms with Gasteiger partial charge in [0.05, 0.1) is 16.6 Å². The molecule has 0 fully saturated rings. The number of hydrogen-bond acceptors (Lipinski definition) is 4. The largest absolute Gasteiger partial charge is 0.454 e. The number of rotatable bonds is 7. The number of ether oxygens (including phenoxy) is 3. The van der Waals surface area contributed by atoms with Crippen LogP contribution >= 0.6 is 46.4 Å². The van der Waals surface area contributed by atoms with Gasteiger partial charge in [-0.2, -0.15) is 0 Å². The summed E-state index contributed by atoms with van der Waals surface area (Å²) in [4.78, 5) is 13.7. The first kappa shape index (κ1) is 22.9. The fraction of sp³-hybridized carbons (Fsp3) is 0.278. The van der Waals surface area contributed by atoms with Crippen LogP contribution in [0.1, 0.15) is 0 Å². The number of carbonyl (C=O) groups is 1. The zero-order chi connectivity index (χ0) is 20.8. The topological polar surface area (TPSA) is 60.0 Å². The Balaban J connectivity index is 2.13. The molecule has 2 amide bonds. The monoisotopic (exact) mass is 466 g/mol. The summed E-state index contributed by atoms with van der Waals surface area (Å²) in [5.41, 5.74) is 0.398. The number of nitrogens with one attached hydrogen (secondary N) is 1. The predicted octanol–water partition coefficient (Wildman–Crippen LogP) is 6.18. The molecule has 6 nitrogen and oxygen atoms in total. The molecule has 1 N–H and O–H groups in total. The fourth-order valence-electron chi connectivity index (χ4n) is 2.21. The highest BCUT2D eigenvalue weighted by molar-refractivity contribution is 6.38. The molecule has 0 aliphatic carbocycles. The van der Waals surface area contributed by atoms with E-state index in [4.69, 9.17) is 60.6 Å². The van der Waals surface area contributed by atoms with Crippen LogP contribution in [-0.4, -0.2) is 45.0 Å². The quantitative estimate of drug-likeness (QED) is 0.494. The fourth-order valence-corrected chi connectivity index (χ4v) is 3.28. The minimum Gasteiger partial charge on any atom is -0.454 e. The third kappa shape index (κ3) is 6.30. The van der Waals surface area contributed by atoms with Crippen LogP contribution in [0.15, 0.2) is 30.3 Å². The molecule has 0 radical (unpaired) electrons. The Morgan fingerprint density at radius 2 is 1.54 bits per heavy atom. The molecule has 0 bridgehead atoms. The van der Waals surface area contributed by atoms with Crippen molar-refractivity contribution in [2.24, 2.45) is 0 Å². The predicted molar refractivity (Wildman–Crippen MR) is 112 cm³/mol. The van der Waals surface area contributed by atoms with E-state index in [2.05, 4.69) is 5.32 Å². The summed E-state index contributed by atoms with van der Waals surface area (Å²) in [5.74, 6) is 0.592. The number of amides is 2. The molecule has 0 atom stereocenters. The highest BCUT2D eigenvalue weighted by atomic mass is 35.5. The van der Waals surface area contributed by atoms with Gasteiger partial charge in [0, 0.05) is 37.0 Å². The number of halogens is 4. The highest BCUT2D eigenvalue weighted by Crippen LogP contribution is 2.40. The van der Waals surface area contributed by atoms with Gasteiger partial charge in [0.2, 0.25) is 0 Å². The van der Waals surface area contributed by atoms with Gasteiger partial charge in [-0.3, -0.25) is 0 Å². The van der Waals surface area contributed by atoms with Gasteiger partial charge in [-0.1, -0.05) is 46.4 Å². The molecule has 2 aromatic carbocycles. The van der Waals surface area contributed by atoms with E-state index in [-0.39, 0.29) is 28.4 Å². The molecular weight excluding hydrogens is 450 g/mol. The number of anilines is 1. The molecule has 152 valence electrons. The van der Waals surface area contributed by atoms with E-state index in [1.54, 1.807) is 25.2 Å². The van der Waals surface area contributed by atoms with Gasteiger partial charge in [0.15, 0.2) is 12.0 Å². The minimum atomic E-state index is -0.539. The Kier molecular flexibility index (Phi) is 8.49. The van der Waals surface area contributed by atoms with Gasteiger partial charge in [0.25, 0.3) is 0 Å². The van der Waals surface area contributed by atoms with Gasteiger partial charge in [-0.05, 0) is 30.3 Å². The molecular formula is C18H18Cl4N2O4. The summed E-state index contributed by atoms with van der Waals surface area (Å²) >= 11 is 24.5. The molecule has 0 aliphatic rings. The van der Waals surface area contributed by atoms with Crippen molar-refractivity contribution in [2.45, 2.75) is 6.29 Å². The van der Waals surface area contributed by atoms with Crippen molar-refractivity contribution < 1.29 is 19.0 Å². The lowest BCUT2D eigenvalue weighted by Gasteiger charge is -2.22. The van der Waals surface area contributed by atoms with E-state index in [1.165, 1.54) is 31.3 Å². The van der Waals surface area contributed by atoms with E-state index in [0.29, 0.717) is 21.5 Å². The molecule has 0 aliphatic heterocycles. The second kappa shape index (κ2) is 10.4. The van der Waals surface area contributed by atoms with Gasteiger partial charge < -0.3 is 24.4 Å². The third-order valence-electron chi connectivity index (χ3n) is 3.60. The number of nitrogens with zero attached hydrogens (tertiary/aromatic N) is 1. The van der Waals surface area contributed by atoms with Crippen LogP contribution in [0.4, 0.5) is 10.5 Å². The van der Waals surface area contributed by atoms with Gasteiger partial charge >= 0.3 is 6.03 Å². The molecule has 10 heteroatoms. The number of benzene rings is 2. The number of urea groups is 1. The summed E-state index contributed by atoms with van der Waals surface area (Å²) < 4.78 is 15.9. The normalized spacial score (nSPS) is 10.9. The van der Waals surface area contributed by atoms with Crippen molar-refractivity contribution in [3.8, 4) is 11.5 Å². The van der Waals surface area contributed by atoms with Crippen LogP contribution in [0, 0.1) is 0 Å². The summed E-state index contributed by atoms with van der Waals surface area (Å²) in [7, 11) is 4.58. The van der Waals surface area contributed by atoms with Gasteiger partial charge in [-0.15, -0.1) is 0 Å². The first-order valence-electron chi connectivity index (χ1n) is 7.94. The molecule has 0 saturated carbocycles. The standard InChI is InChI=1S/C18H18Cl4N2O4/c1-24(9-16(26-2)27-3)18(25)23-12-7-14(21)17(15(22)8-12)28-13-5-10(19)4-11(20)6-13/h4-8,16H,9H2,1-3H3,(H,23,25). The van der Waals surface area contributed by atoms with Gasteiger partial charge in [-0.25, -0.2) is 4.79 Å². The summed E-state index contributed by atoms with van der Waals surface area (Å²) in [5, 5.41) is 3.92. The summed E-state index contributed by atoms with van der Waals surface area (Å²) in [6.45, 7) is 0.233. The lowest BCUT2D eigenvalue weighted by Crippen LogP contribution is -2.38. The van der Waals surface area contributed by atoms with Crippen LogP contribution in [0.5, 0.6) is 11.5 Å². The van der Waals surface area contributed by atoms with Crippen molar-refractivity contribution in [1.29, 1.82) is 0 Å². The second-order valence-corrected chi connectivity index (χ2v) is 7.38. The lowest BCUT2D eigenvalue weighted by atomic mass is 10.3. The smallest absolute Gasteiger partial charge is 0.321 e. The summed E-state index contributed by atoms with van der Waals surface area (Å²) in [6.07, 6.45) is -0.539. The van der Waals surface area contributed by atoms with E-state index in [0.717, 1.165) is 0 Å². The summed E-state index contributed by atoms with van der Waals surface area (Å²) in [6, 6.07) is 7.38. The number of carbonyl (C=O) groups excluding carboxylic acids is 1. The van der Waals surface area contributed by atoms with E-state index < -0.39 is 6.29 Å². The molecule has 0 spiro atoms. The Morgan fingerprint density at radius 1 is 1.00 bits per heavy atom. The highest BCUT2D eigenvalue weighted by Gasteiger charge is 2.17. The Hall–Kier alpha value is -1.41. The number of likely N-dealkylation sites (N-methyl/N-ethyl adjacent to an activating group) is 1. The van der Waals surface area contributed by atoms with Crippen molar-refractivity contribution in [3.05, 3.63) is 50.4 Å². The first-order chi connectivity index (χ1) is 13.2. The molecule has 0 saturated heterocycles. The Bertz CT molecular complexity index is 803. The van der Waals surface area contributed by atoms with Crippen LogP contribution in [-0.2, 0) is 9.47 Å². The maximum atomic E-state index is 12.3. The minimum absolute atomic E-state index is 0.202. The van der Waals surface area contributed by atoms with Crippen LogP contribution in [0.3, 0.4) is 0 Å². The lowest BCUT2D eigenvalue weighted by molar-refractivity contribution is -0.108. The van der Waals surface area contributed by atoms with Crippen LogP contribution in [0.25, 0.3) is 0 Å². The van der Waals surface area contributed by atoms with E-state index >= 15 is 0 Å². The molecule has 2 rings (SSSR count). The average molecular weight is 468 g/mol. The third-order valence-corrected chi connectivity index (χ3v) is 4.60. The van der Waals surface area contributed by atoms with E-state index in [1.807, 2.05) is 0 Å². The molecule has 0 heterocycles. The van der Waals surface area contributed by atoms with E-state index in [9.17, 15) is 4.79 Å². The second-order valence-electron chi connectivity index (χ2n) is 5.69. The van der Waals surface area contributed by atoms with Crippen molar-refractivity contribution in [1.82, 2.24) is 4.90 Å².